The van der Waals surface area contributed by atoms with Crippen molar-refractivity contribution < 1.29 is 22.5 Å². The van der Waals surface area contributed by atoms with Crippen LogP contribution in [0.3, 0.4) is 0 Å². The zero-order valence-corrected chi connectivity index (χ0v) is 14.5. The SMILES string of the molecule is CC(C)NC(=O)NCCn1cnc2ccc(-c3noc(C(F)(F)F)n3)cc21. The summed E-state index contributed by atoms with van der Waals surface area (Å²) in [6.07, 6.45) is -3.10. The number of nitrogens with zero attached hydrogens (tertiary/aromatic N) is 4. The third kappa shape index (κ3) is 4.36. The van der Waals surface area contributed by atoms with E-state index in [0.29, 0.717) is 29.7 Å². The molecule has 0 atom stereocenters. The molecule has 11 heteroatoms. The Balaban J connectivity index is 1.76. The second-order valence-electron chi connectivity index (χ2n) is 6.12. The van der Waals surface area contributed by atoms with Gasteiger partial charge < -0.3 is 19.7 Å². The average molecular weight is 382 g/mol. The van der Waals surface area contributed by atoms with Gasteiger partial charge in [-0.15, -0.1) is 0 Å². The highest BCUT2D eigenvalue weighted by Gasteiger charge is 2.38. The second-order valence-corrected chi connectivity index (χ2v) is 6.12. The number of amides is 2. The number of aromatic nitrogens is 4. The number of halogens is 3. The fourth-order valence-corrected chi connectivity index (χ4v) is 2.43. The van der Waals surface area contributed by atoms with Crippen LogP contribution in [0.5, 0.6) is 0 Å². The van der Waals surface area contributed by atoms with Gasteiger partial charge in [-0.05, 0) is 32.0 Å². The van der Waals surface area contributed by atoms with E-state index in [1.165, 1.54) is 0 Å². The summed E-state index contributed by atoms with van der Waals surface area (Å²) in [7, 11) is 0. The zero-order valence-electron chi connectivity index (χ0n) is 14.5. The number of benzene rings is 1. The fraction of sp³-hybridized carbons (Fsp3) is 0.375. The van der Waals surface area contributed by atoms with Crippen LogP contribution >= 0.6 is 0 Å². The number of fused-ring (bicyclic) bond motifs is 1. The van der Waals surface area contributed by atoms with Crippen LogP contribution in [0, 0.1) is 0 Å². The molecule has 0 radical (unpaired) electrons. The first-order valence-corrected chi connectivity index (χ1v) is 8.14. The Morgan fingerprint density at radius 1 is 1.33 bits per heavy atom. The van der Waals surface area contributed by atoms with Crippen molar-refractivity contribution in [2.75, 3.05) is 6.54 Å². The van der Waals surface area contributed by atoms with Crippen LogP contribution in [0.25, 0.3) is 22.4 Å². The third-order valence-corrected chi connectivity index (χ3v) is 3.61. The van der Waals surface area contributed by atoms with E-state index in [9.17, 15) is 18.0 Å². The summed E-state index contributed by atoms with van der Waals surface area (Å²) >= 11 is 0. The molecule has 2 N–H and O–H groups in total. The molecule has 0 aliphatic rings. The van der Waals surface area contributed by atoms with Crippen LogP contribution in [0.4, 0.5) is 18.0 Å². The molecule has 0 aliphatic carbocycles. The van der Waals surface area contributed by atoms with Gasteiger partial charge in [0.1, 0.15) is 0 Å². The van der Waals surface area contributed by atoms with Crippen LogP contribution in [0.2, 0.25) is 0 Å². The van der Waals surface area contributed by atoms with Gasteiger partial charge >= 0.3 is 18.1 Å². The number of carbonyl (C=O) groups excluding carboxylic acids is 1. The Hall–Kier alpha value is -3.11. The molecule has 27 heavy (non-hydrogen) atoms. The minimum Gasteiger partial charge on any atom is -0.336 e. The van der Waals surface area contributed by atoms with Crippen molar-refractivity contribution in [1.29, 1.82) is 0 Å². The maximum Gasteiger partial charge on any atom is 0.471 e. The Morgan fingerprint density at radius 3 is 2.78 bits per heavy atom. The first-order chi connectivity index (χ1) is 12.7. The molecule has 3 rings (SSSR count). The summed E-state index contributed by atoms with van der Waals surface area (Å²) < 4.78 is 43.9. The maximum absolute atomic E-state index is 12.6. The van der Waals surface area contributed by atoms with Crippen LogP contribution in [-0.4, -0.2) is 38.3 Å². The van der Waals surface area contributed by atoms with Crippen LogP contribution < -0.4 is 10.6 Å². The van der Waals surface area contributed by atoms with E-state index in [-0.39, 0.29) is 17.9 Å². The van der Waals surface area contributed by atoms with E-state index in [1.54, 1.807) is 29.1 Å². The van der Waals surface area contributed by atoms with E-state index >= 15 is 0 Å². The van der Waals surface area contributed by atoms with Crippen LogP contribution in [-0.2, 0) is 12.7 Å². The molecule has 2 aromatic heterocycles. The minimum atomic E-state index is -4.70. The largest absolute Gasteiger partial charge is 0.471 e. The van der Waals surface area contributed by atoms with E-state index in [4.69, 9.17) is 0 Å². The van der Waals surface area contributed by atoms with Gasteiger partial charge in [-0.1, -0.05) is 5.16 Å². The topological polar surface area (TPSA) is 97.9 Å². The first-order valence-electron chi connectivity index (χ1n) is 8.14. The van der Waals surface area contributed by atoms with Gasteiger partial charge in [0.15, 0.2) is 0 Å². The predicted octanol–water partition coefficient (Wildman–Crippen LogP) is 2.81. The molecule has 0 spiro atoms. The first kappa shape index (κ1) is 18.7. The number of hydrogen-bond acceptors (Lipinski definition) is 5. The lowest BCUT2D eigenvalue weighted by molar-refractivity contribution is -0.159. The van der Waals surface area contributed by atoms with Gasteiger partial charge in [-0.2, -0.15) is 18.2 Å². The number of alkyl halides is 3. The summed E-state index contributed by atoms with van der Waals surface area (Å²) in [4.78, 5) is 19.2. The fourth-order valence-electron chi connectivity index (χ4n) is 2.43. The standard InChI is InChI=1S/C16H17F3N6O2/c1-9(2)22-15(26)20-5-6-25-8-21-11-4-3-10(7-12(11)25)13-23-14(27-24-13)16(17,18)19/h3-4,7-9H,5-6H2,1-2H3,(H2,20,22,26). The molecular formula is C16H17F3N6O2. The van der Waals surface area contributed by atoms with Gasteiger partial charge in [0, 0.05) is 24.7 Å². The summed E-state index contributed by atoms with van der Waals surface area (Å²) in [5.74, 6) is -1.56. The molecule has 0 saturated heterocycles. The van der Waals surface area contributed by atoms with Gasteiger partial charge in [-0.25, -0.2) is 9.78 Å². The average Bonchev–Trinajstić information content (AvgIpc) is 3.20. The van der Waals surface area contributed by atoms with Crippen molar-refractivity contribution >= 4 is 17.1 Å². The van der Waals surface area contributed by atoms with Crippen molar-refractivity contribution in [2.45, 2.75) is 32.6 Å². The van der Waals surface area contributed by atoms with Crippen LogP contribution in [0.1, 0.15) is 19.7 Å². The van der Waals surface area contributed by atoms with Crippen molar-refractivity contribution in [1.82, 2.24) is 30.3 Å². The second kappa shape index (κ2) is 7.25. The van der Waals surface area contributed by atoms with Gasteiger partial charge in [0.2, 0.25) is 5.82 Å². The summed E-state index contributed by atoms with van der Waals surface area (Å²) in [5.41, 5.74) is 1.70. The monoisotopic (exact) mass is 382 g/mol. The highest BCUT2D eigenvalue weighted by atomic mass is 19.4. The van der Waals surface area contributed by atoms with Crippen molar-refractivity contribution in [3.05, 3.63) is 30.4 Å². The number of rotatable bonds is 5. The minimum absolute atomic E-state index is 0.0261. The van der Waals surface area contributed by atoms with Crippen LogP contribution in [0.15, 0.2) is 29.0 Å². The van der Waals surface area contributed by atoms with Gasteiger partial charge in [0.25, 0.3) is 0 Å². The van der Waals surface area contributed by atoms with Crippen molar-refractivity contribution in [2.24, 2.45) is 0 Å². The van der Waals surface area contributed by atoms with E-state index < -0.39 is 12.1 Å². The zero-order chi connectivity index (χ0) is 19.6. The lowest BCUT2D eigenvalue weighted by Crippen LogP contribution is -2.40. The van der Waals surface area contributed by atoms with E-state index in [1.807, 2.05) is 13.8 Å². The molecule has 144 valence electrons. The molecule has 0 aliphatic heterocycles. The quantitative estimate of drug-likeness (QED) is 0.707. The Bertz CT molecular complexity index is 947. The Labute approximate surface area is 151 Å². The molecule has 3 aromatic rings. The highest BCUT2D eigenvalue weighted by Crippen LogP contribution is 2.30. The molecule has 2 heterocycles. The molecule has 0 fully saturated rings. The number of imidazole rings is 1. The maximum atomic E-state index is 12.6. The molecule has 1 aromatic carbocycles. The number of nitrogens with one attached hydrogen (secondary N) is 2. The number of urea groups is 1. The normalized spacial score (nSPS) is 11.9. The molecular weight excluding hydrogens is 365 g/mol. The van der Waals surface area contributed by atoms with Crippen molar-refractivity contribution in [3.8, 4) is 11.4 Å². The molecule has 8 nitrogen and oxygen atoms in total. The summed E-state index contributed by atoms with van der Waals surface area (Å²) in [6.45, 7) is 4.50. The summed E-state index contributed by atoms with van der Waals surface area (Å²) in [6, 6.07) is 4.60. The van der Waals surface area contributed by atoms with E-state index in [0.717, 1.165) is 0 Å². The molecule has 2 amide bonds. The molecule has 0 saturated carbocycles. The predicted molar refractivity (Wildman–Crippen MR) is 89.7 cm³/mol. The lowest BCUT2D eigenvalue weighted by atomic mass is 10.2. The van der Waals surface area contributed by atoms with Crippen molar-refractivity contribution in [3.63, 3.8) is 0 Å². The molecule has 0 bridgehead atoms. The smallest absolute Gasteiger partial charge is 0.336 e. The Morgan fingerprint density at radius 2 is 2.11 bits per heavy atom. The third-order valence-electron chi connectivity index (χ3n) is 3.61. The lowest BCUT2D eigenvalue weighted by Gasteiger charge is -2.10. The number of hydrogen-bond donors (Lipinski definition) is 2. The van der Waals surface area contributed by atoms with E-state index in [2.05, 4.69) is 30.3 Å². The molecule has 0 unspecified atom stereocenters. The van der Waals surface area contributed by atoms with Gasteiger partial charge in [0.05, 0.1) is 17.4 Å². The summed E-state index contributed by atoms with van der Waals surface area (Å²) in [5, 5.41) is 8.82. The number of carbonyl (C=O) groups is 1. The highest BCUT2D eigenvalue weighted by molar-refractivity contribution is 5.80. The van der Waals surface area contributed by atoms with Gasteiger partial charge in [-0.3, -0.25) is 0 Å². The Kier molecular flexibility index (Phi) is 5.02.